The quantitative estimate of drug-likeness (QED) is 0.425. The molecule has 5 nitrogen and oxygen atoms in total. The van der Waals surface area contributed by atoms with E-state index in [1.807, 2.05) is 24.4 Å². The minimum atomic E-state index is 0. The molecule has 0 bridgehead atoms. The van der Waals surface area contributed by atoms with Gasteiger partial charge in [-0.3, -0.25) is 4.99 Å². The molecule has 1 aromatic heterocycles. The maximum absolute atomic E-state index is 8.90. The van der Waals surface area contributed by atoms with Crippen molar-refractivity contribution in [1.82, 2.24) is 15.6 Å². The highest BCUT2D eigenvalue weighted by Gasteiger charge is 2.01. The Morgan fingerprint density at radius 3 is 2.87 bits per heavy atom. The summed E-state index contributed by atoms with van der Waals surface area (Å²) >= 11 is 1.72. The first-order valence-corrected chi connectivity index (χ1v) is 7.88. The van der Waals surface area contributed by atoms with E-state index in [1.54, 1.807) is 24.5 Å². The number of aryl methyl sites for hydroxylation is 1. The number of benzene rings is 1. The molecular weight excluding hydrogens is 421 g/mol. The summed E-state index contributed by atoms with van der Waals surface area (Å²) in [5.74, 6) is 0.746. The summed E-state index contributed by atoms with van der Waals surface area (Å²) in [6.07, 6.45) is 2.78. The van der Waals surface area contributed by atoms with Gasteiger partial charge >= 0.3 is 0 Å². The molecule has 0 unspecified atom stereocenters. The average molecular weight is 441 g/mol. The van der Waals surface area contributed by atoms with Crippen molar-refractivity contribution in [2.45, 2.75) is 19.9 Å². The van der Waals surface area contributed by atoms with Crippen LogP contribution < -0.4 is 10.6 Å². The van der Waals surface area contributed by atoms with E-state index in [9.17, 15) is 0 Å². The van der Waals surface area contributed by atoms with Crippen molar-refractivity contribution in [3.05, 3.63) is 51.5 Å². The van der Waals surface area contributed by atoms with Crippen molar-refractivity contribution in [1.29, 1.82) is 5.26 Å². The summed E-state index contributed by atoms with van der Waals surface area (Å²) in [4.78, 5) is 9.76. The SMILES string of the molecule is CN=C(NCCc1ncc(C)s1)NCc1cccc(C#N)c1.I. The van der Waals surface area contributed by atoms with Crippen molar-refractivity contribution in [2.75, 3.05) is 13.6 Å². The summed E-state index contributed by atoms with van der Waals surface area (Å²) in [6.45, 7) is 3.47. The van der Waals surface area contributed by atoms with E-state index in [4.69, 9.17) is 5.26 Å². The van der Waals surface area contributed by atoms with Gasteiger partial charge in [-0.15, -0.1) is 35.3 Å². The molecule has 23 heavy (non-hydrogen) atoms. The van der Waals surface area contributed by atoms with Crippen LogP contribution in [0.4, 0.5) is 0 Å². The van der Waals surface area contributed by atoms with Gasteiger partial charge in [0.05, 0.1) is 16.6 Å². The van der Waals surface area contributed by atoms with Crippen molar-refractivity contribution in [3.63, 3.8) is 0 Å². The molecule has 2 aromatic rings. The molecule has 1 aromatic carbocycles. The second kappa shape index (κ2) is 10.2. The third-order valence-corrected chi connectivity index (χ3v) is 4.01. The molecule has 0 saturated carbocycles. The van der Waals surface area contributed by atoms with Crippen LogP contribution in [0.1, 0.15) is 21.0 Å². The highest BCUT2D eigenvalue weighted by atomic mass is 127. The molecule has 0 atom stereocenters. The predicted octanol–water partition coefficient (Wildman–Crippen LogP) is 2.85. The minimum absolute atomic E-state index is 0. The Morgan fingerprint density at radius 1 is 1.39 bits per heavy atom. The zero-order chi connectivity index (χ0) is 15.8. The smallest absolute Gasteiger partial charge is 0.191 e. The number of halogens is 1. The second-order valence-corrected chi connectivity index (χ2v) is 6.10. The van der Waals surface area contributed by atoms with Gasteiger partial charge in [-0.05, 0) is 24.6 Å². The van der Waals surface area contributed by atoms with E-state index in [2.05, 4.69) is 33.6 Å². The van der Waals surface area contributed by atoms with E-state index in [0.29, 0.717) is 12.1 Å². The summed E-state index contributed by atoms with van der Waals surface area (Å²) in [7, 11) is 1.74. The molecule has 0 aliphatic rings. The van der Waals surface area contributed by atoms with Crippen LogP contribution in [0.25, 0.3) is 0 Å². The fourth-order valence-electron chi connectivity index (χ4n) is 1.96. The molecule has 0 spiro atoms. The zero-order valence-electron chi connectivity index (χ0n) is 13.2. The number of hydrogen-bond acceptors (Lipinski definition) is 4. The number of aromatic nitrogens is 1. The Kier molecular flexibility index (Phi) is 8.58. The maximum atomic E-state index is 8.90. The van der Waals surface area contributed by atoms with Crippen LogP contribution in [0.3, 0.4) is 0 Å². The van der Waals surface area contributed by atoms with E-state index in [0.717, 1.165) is 29.5 Å². The topological polar surface area (TPSA) is 73.1 Å². The van der Waals surface area contributed by atoms with E-state index in [-0.39, 0.29) is 24.0 Å². The summed E-state index contributed by atoms with van der Waals surface area (Å²) in [5.41, 5.74) is 1.72. The van der Waals surface area contributed by atoms with Gasteiger partial charge in [0.2, 0.25) is 0 Å². The first-order valence-electron chi connectivity index (χ1n) is 7.06. The fraction of sp³-hybridized carbons (Fsp3) is 0.312. The third-order valence-electron chi connectivity index (χ3n) is 3.04. The van der Waals surface area contributed by atoms with Crippen LogP contribution in [-0.4, -0.2) is 24.5 Å². The summed E-state index contributed by atoms with van der Waals surface area (Å²) in [5, 5.41) is 16.5. The van der Waals surface area contributed by atoms with Gasteiger partial charge in [0.25, 0.3) is 0 Å². The van der Waals surface area contributed by atoms with Crippen LogP contribution in [0, 0.1) is 18.3 Å². The highest BCUT2D eigenvalue weighted by molar-refractivity contribution is 14.0. The molecular formula is C16H20IN5S. The molecule has 122 valence electrons. The average Bonchev–Trinajstić information content (AvgIpc) is 2.96. The van der Waals surface area contributed by atoms with Gasteiger partial charge in [-0.2, -0.15) is 5.26 Å². The van der Waals surface area contributed by atoms with E-state index < -0.39 is 0 Å². The minimum Gasteiger partial charge on any atom is -0.356 e. The van der Waals surface area contributed by atoms with Gasteiger partial charge in [-0.1, -0.05) is 12.1 Å². The van der Waals surface area contributed by atoms with Crippen LogP contribution in [-0.2, 0) is 13.0 Å². The predicted molar refractivity (Wildman–Crippen MR) is 105 cm³/mol. The number of nitrogens with one attached hydrogen (secondary N) is 2. The Bertz CT molecular complexity index is 690. The van der Waals surface area contributed by atoms with Crippen molar-refractivity contribution in [2.24, 2.45) is 4.99 Å². The van der Waals surface area contributed by atoms with E-state index in [1.165, 1.54) is 4.88 Å². The number of guanidine groups is 1. The number of hydrogen-bond donors (Lipinski definition) is 2. The second-order valence-electron chi connectivity index (χ2n) is 4.78. The number of nitriles is 1. The van der Waals surface area contributed by atoms with Gasteiger partial charge in [-0.25, -0.2) is 4.98 Å². The number of rotatable bonds is 5. The molecule has 0 amide bonds. The molecule has 7 heteroatoms. The summed E-state index contributed by atoms with van der Waals surface area (Å²) in [6, 6.07) is 9.69. The molecule has 0 aliphatic carbocycles. The van der Waals surface area contributed by atoms with E-state index >= 15 is 0 Å². The lowest BCUT2D eigenvalue weighted by Crippen LogP contribution is -2.37. The van der Waals surface area contributed by atoms with Gasteiger partial charge in [0, 0.05) is 37.6 Å². The number of aliphatic imine (C=N–C) groups is 1. The number of thiazole rings is 1. The molecule has 0 aliphatic heterocycles. The third kappa shape index (κ3) is 6.54. The van der Waals surface area contributed by atoms with Crippen molar-refractivity contribution < 1.29 is 0 Å². The first-order chi connectivity index (χ1) is 10.7. The van der Waals surface area contributed by atoms with Gasteiger partial charge in [0.1, 0.15) is 0 Å². The van der Waals surface area contributed by atoms with Gasteiger partial charge in [0.15, 0.2) is 5.96 Å². The standard InChI is InChI=1S/C16H19N5S.HI/c1-12-10-20-15(22-12)6-7-19-16(18-2)21-11-14-5-3-4-13(8-14)9-17;/h3-5,8,10H,6-7,11H2,1-2H3,(H2,18,19,21);1H. The molecule has 1 heterocycles. The summed E-state index contributed by atoms with van der Waals surface area (Å²) < 4.78 is 0. The molecule has 0 saturated heterocycles. The normalized spacial score (nSPS) is 10.6. The molecule has 0 fully saturated rings. The van der Waals surface area contributed by atoms with Crippen molar-refractivity contribution in [3.8, 4) is 6.07 Å². The van der Waals surface area contributed by atoms with Crippen molar-refractivity contribution >= 4 is 41.3 Å². The lowest BCUT2D eigenvalue weighted by molar-refractivity contribution is 0.792. The van der Waals surface area contributed by atoms with Crippen LogP contribution in [0.15, 0.2) is 35.5 Å². The Labute approximate surface area is 157 Å². The van der Waals surface area contributed by atoms with Crippen LogP contribution in [0.5, 0.6) is 0 Å². The monoisotopic (exact) mass is 441 g/mol. The largest absolute Gasteiger partial charge is 0.356 e. The Hall–Kier alpha value is -1.66. The Balaban J connectivity index is 0.00000264. The fourth-order valence-corrected chi connectivity index (χ4v) is 2.75. The first kappa shape index (κ1) is 19.4. The number of nitrogens with zero attached hydrogens (tertiary/aromatic N) is 3. The highest BCUT2D eigenvalue weighted by Crippen LogP contribution is 2.10. The zero-order valence-corrected chi connectivity index (χ0v) is 16.3. The lowest BCUT2D eigenvalue weighted by atomic mass is 10.1. The van der Waals surface area contributed by atoms with Crippen LogP contribution >= 0.6 is 35.3 Å². The lowest BCUT2D eigenvalue weighted by Gasteiger charge is -2.11. The van der Waals surface area contributed by atoms with Gasteiger partial charge < -0.3 is 10.6 Å². The molecule has 2 N–H and O–H groups in total. The molecule has 0 radical (unpaired) electrons. The Morgan fingerprint density at radius 2 is 2.22 bits per heavy atom. The van der Waals surface area contributed by atoms with Crippen LogP contribution in [0.2, 0.25) is 0 Å². The molecule has 2 rings (SSSR count). The maximum Gasteiger partial charge on any atom is 0.191 e.